The van der Waals surface area contributed by atoms with Crippen molar-refractivity contribution in [2.75, 3.05) is 5.43 Å². The zero-order valence-electron chi connectivity index (χ0n) is 12.7. The van der Waals surface area contributed by atoms with Crippen LogP contribution in [0, 0.1) is 6.92 Å². The van der Waals surface area contributed by atoms with Gasteiger partial charge in [-0.05, 0) is 12.5 Å². The van der Waals surface area contributed by atoms with Crippen LogP contribution in [0.3, 0.4) is 0 Å². The largest absolute Gasteiger partial charge is 0.291 e. The first kappa shape index (κ1) is 14.7. The van der Waals surface area contributed by atoms with Gasteiger partial charge in [0.05, 0.1) is 11.9 Å². The van der Waals surface area contributed by atoms with E-state index in [0.717, 1.165) is 11.1 Å². The molecule has 0 spiro atoms. The zero-order chi connectivity index (χ0) is 16.1. The summed E-state index contributed by atoms with van der Waals surface area (Å²) in [5.41, 5.74) is 6.16. The molecule has 0 saturated carbocycles. The van der Waals surface area contributed by atoms with Gasteiger partial charge in [-0.3, -0.25) is 9.78 Å². The van der Waals surface area contributed by atoms with Gasteiger partial charge >= 0.3 is 0 Å². The molecule has 2 aromatic carbocycles. The molecule has 0 unspecified atom stereocenters. The molecule has 0 bridgehead atoms. The highest BCUT2D eigenvalue weighted by molar-refractivity contribution is 5.80. The van der Waals surface area contributed by atoms with E-state index in [1.165, 1.54) is 11.6 Å². The Bertz CT molecular complexity index is 868. The topological polar surface area (TPSA) is 70.1 Å². The van der Waals surface area contributed by atoms with E-state index in [0.29, 0.717) is 11.6 Å². The predicted molar refractivity (Wildman–Crippen MR) is 92.7 cm³/mol. The van der Waals surface area contributed by atoms with E-state index >= 15 is 0 Å². The third-order valence-electron chi connectivity index (χ3n) is 3.27. The summed E-state index contributed by atoms with van der Waals surface area (Å²) < 4.78 is 0. The minimum atomic E-state index is -0.230. The number of hydrazone groups is 1. The molecule has 0 amide bonds. The molecule has 3 rings (SSSR count). The van der Waals surface area contributed by atoms with Gasteiger partial charge in [-0.1, -0.05) is 60.2 Å². The van der Waals surface area contributed by atoms with Gasteiger partial charge in [0, 0.05) is 11.6 Å². The van der Waals surface area contributed by atoms with E-state index in [2.05, 4.69) is 20.5 Å². The van der Waals surface area contributed by atoms with Gasteiger partial charge in [-0.25, -0.2) is 10.4 Å². The molecule has 1 aromatic heterocycles. The molecule has 0 saturated heterocycles. The highest BCUT2D eigenvalue weighted by Crippen LogP contribution is 2.15. The van der Waals surface area contributed by atoms with Gasteiger partial charge in [0.15, 0.2) is 0 Å². The van der Waals surface area contributed by atoms with Crippen LogP contribution >= 0.6 is 0 Å². The second kappa shape index (κ2) is 6.70. The summed E-state index contributed by atoms with van der Waals surface area (Å²) in [5, 5.41) is 4.11. The van der Waals surface area contributed by atoms with Gasteiger partial charge < -0.3 is 0 Å². The lowest BCUT2D eigenvalue weighted by Crippen LogP contribution is -2.10. The Kier molecular flexibility index (Phi) is 4.29. The molecule has 5 nitrogen and oxygen atoms in total. The van der Waals surface area contributed by atoms with Crippen LogP contribution in [0.2, 0.25) is 0 Å². The summed E-state index contributed by atoms with van der Waals surface area (Å²) in [6.07, 6.45) is 1.68. The van der Waals surface area contributed by atoms with Crippen LogP contribution in [0.5, 0.6) is 0 Å². The lowest BCUT2D eigenvalue weighted by Gasteiger charge is -2.03. The molecule has 0 aliphatic carbocycles. The minimum Gasteiger partial charge on any atom is -0.291 e. The van der Waals surface area contributed by atoms with Crippen LogP contribution in [0.15, 0.2) is 70.6 Å². The van der Waals surface area contributed by atoms with E-state index in [9.17, 15) is 4.79 Å². The molecular formula is C18H16N4O. The number of nitrogens with one attached hydrogen (secondary N) is 2. The Morgan fingerprint density at radius 2 is 1.83 bits per heavy atom. The smallest absolute Gasteiger partial charge is 0.252 e. The van der Waals surface area contributed by atoms with Crippen molar-refractivity contribution in [2.24, 2.45) is 5.10 Å². The van der Waals surface area contributed by atoms with Gasteiger partial charge in [0.2, 0.25) is 5.95 Å². The van der Waals surface area contributed by atoms with Crippen LogP contribution in [0.25, 0.3) is 11.3 Å². The number of anilines is 1. The van der Waals surface area contributed by atoms with Gasteiger partial charge in [-0.2, -0.15) is 5.10 Å². The van der Waals surface area contributed by atoms with Crippen LogP contribution in [-0.2, 0) is 0 Å². The number of benzene rings is 2. The van der Waals surface area contributed by atoms with Gasteiger partial charge in [0.25, 0.3) is 5.56 Å². The van der Waals surface area contributed by atoms with Crippen molar-refractivity contribution in [3.63, 3.8) is 0 Å². The fourth-order valence-electron chi connectivity index (χ4n) is 2.09. The number of aryl methyl sites for hydroxylation is 1. The Labute approximate surface area is 133 Å². The third kappa shape index (κ3) is 3.91. The summed E-state index contributed by atoms with van der Waals surface area (Å²) in [5.74, 6) is 0.305. The van der Waals surface area contributed by atoms with Crippen LogP contribution in [0.1, 0.15) is 11.1 Å². The molecular weight excluding hydrogens is 288 g/mol. The van der Waals surface area contributed by atoms with Crippen LogP contribution in [-0.4, -0.2) is 16.2 Å². The first-order chi connectivity index (χ1) is 11.2. The van der Waals surface area contributed by atoms with Crippen molar-refractivity contribution in [2.45, 2.75) is 6.92 Å². The summed E-state index contributed by atoms with van der Waals surface area (Å²) in [6.45, 7) is 2.03. The maximum Gasteiger partial charge on any atom is 0.252 e. The average molecular weight is 304 g/mol. The number of aromatic nitrogens is 2. The quantitative estimate of drug-likeness (QED) is 0.574. The molecule has 1 heterocycles. The summed E-state index contributed by atoms with van der Waals surface area (Å²) in [7, 11) is 0. The lowest BCUT2D eigenvalue weighted by atomic mass is 10.1. The average Bonchev–Trinajstić information content (AvgIpc) is 2.57. The second-order valence-electron chi connectivity index (χ2n) is 5.13. The van der Waals surface area contributed by atoms with E-state index < -0.39 is 0 Å². The lowest BCUT2D eigenvalue weighted by molar-refractivity contribution is 1.09. The number of nitrogens with zero attached hydrogens (tertiary/aromatic N) is 2. The summed E-state index contributed by atoms with van der Waals surface area (Å²) in [4.78, 5) is 18.8. The fourth-order valence-corrected chi connectivity index (χ4v) is 2.09. The molecule has 0 fully saturated rings. The Morgan fingerprint density at radius 3 is 2.57 bits per heavy atom. The first-order valence-electron chi connectivity index (χ1n) is 7.23. The molecule has 0 aliphatic rings. The second-order valence-corrected chi connectivity index (χ2v) is 5.13. The third-order valence-corrected chi connectivity index (χ3v) is 3.27. The molecule has 0 aliphatic heterocycles. The number of H-pyrrole nitrogens is 1. The number of hydrogen-bond donors (Lipinski definition) is 2. The van der Waals surface area contributed by atoms with Crippen molar-refractivity contribution < 1.29 is 0 Å². The molecule has 0 atom stereocenters. The number of hydrogen-bond acceptors (Lipinski definition) is 4. The Hall–Kier alpha value is -3.21. The Balaban J connectivity index is 1.79. The normalized spacial score (nSPS) is 10.8. The standard InChI is InChI=1S/C18H16N4O/c1-13-7-9-14(10-8-13)12-19-22-18-20-16(11-17(23)21-18)15-5-3-2-4-6-15/h2-12H,1H3,(H2,20,21,22,23)/b19-12-. The van der Waals surface area contributed by atoms with Gasteiger partial charge in [-0.15, -0.1) is 0 Å². The van der Waals surface area contributed by atoms with E-state index in [1.807, 2.05) is 61.5 Å². The summed E-state index contributed by atoms with van der Waals surface area (Å²) in [6, 6.07) is 19.0. The SMILES string of the molecule is Cc1ccc(/C=N\Nc2nc(-c3ccccc3)cc(=O)[nH]2)cc1. The van der Waals surface area contributed by atoms with Crippen molar-refractivity contribution in [1.82, 2.24) is 9.97 Å². The van der Waals surface area contributed by atoms with Crippen molar-refractivity contribution in [3.05, 3.63) is 82.1 Å². The number of rotatable bonds is 4. The van der Waals surface area contributed by atoms with Crippen molar-refractivity contribution >= 4 is 12.2 Å². The molecule has 23 heavy (non-hydrogen) atoms. The van der Waals surface area contributed by atoms with Gasteiger partial charge in [0.1, 0.15) is 0 Å². The van der Waals surface area contributed by atoms with Crippen LogP contribution < -0.4 is 11.0 Å². The van der Waals surface area contributed by atoms with E-state index in [1.54, 1.807) is 6.21 Å². The van der Waals surface area contributed by atoms with Crippen LogP contribution in [0.4, 0.5) is 5.95 Å². The molecule has 2 N–H and O–H groups in total. The maximum atomic E-state index is 11.8. The fraction of sp³-hybridized carbons (Fsp3) is 0.0556. The summed E-state index contributed by atoms with van der Waals surface area (Å²) >= 11 is 0. The van der Waals surface area contributed by atoms with Crippen molar-refractivity contribution in [3.8, 4) is 11.3 Å². The molecule has 3 aromatic rings. The minimum absolute atomic E-state index is 0.230. The molecule has 5 heteroatoms. The van der Waals surface area contributed by atoms with E-state index in [-0.39, 0.29) is 5.56 Å². The Morgan fingerprint density at radius 1 is 1.09 bits per heavy atom. The first-order valence-corrected chi connectivity index (χ1v) is 7.23. The number of aromatic amines is 1. The highest BCUT2D eigenvalue weighted by Gasteiger charge is 2.02. The zero-order valence-corrected chi connectivity index (χ0v) is 12.7. The van der Waals surface area contributed by atoms with Crippen molar-refractivity contribution in [1.29, 1.82) is 0 Å². The van der Waals surface area contributed by atoms with E-state index in [4.69, 9.17) is 0 Å². The predicted octanol–water partition coefficient (Wildman–Crippen LogP) is 3.19. The molecule has 0 radical (unpaired) electrons. The highest BCUT2D eigenvalue weighted by atomic mass is 16.1. The monoisotopic (exact) mass is 304 g/mol. The molecule has 114 valence electrons. The maximum absolute atomic E-state index is 11.8.